The molecule has 0 fully saturated rings. The third-order valence-electron chi connectivity index (χ3n) is 4.74. The first-order chi connectivity index (χ1) is 14.5. The number of rotatable bonds is 6. The molecule has 0 atom stereocenters. The predicted octanol–water partition coefficient (Wildman–Crippen LogP) is 5.00. The largest absolute Gasteiger partial charge is 0.483 e. The van der Waals surface area contributed by atoms with Gasteiger partial charge in [0.15, 0.2) is 6.61 Å². The fraction of sp³-hybridized carbons (Fsp3) is 0.174. The van der Waals surface area contributed by atoms with Crippen molar-refractivity contribution < 1.29 is 13.9 Å². The molecule has 4 rings (SSSR count). The number of halogens is 1. The van der Waals surface area contributed by atoms with E-state index in [1.165, 1.54) is 4.90 Å². The summed E-state index contributed by atoms with van der Waals surface area (Å²) in [4.78, 5) is 14.0. The van der Waals surface area contributed by atoms with Gasteiger partial charge in [0.05, 0.1) is 11.0 Å². The van der Waals surface area contributed by atoms with Gasteiger partial charge in [-0.3, -0.25) is 4.79 Å². The van der Waals surface area contributed by atoms with E-state index in [9.17, 15) is 4.79 Å². The van der Waals surface area contributed by atoms with E-state index >= 15 is 0 Å². The van der Waals surface area contributed by atoms with E-state index in [-0.39, 0.29) is 19.1 Å². The Kier molecular flexibility index (Phi) is 5.81. The minimum absolute atomic E-state index is 0.0909. The van der Waals surface area contributed by atoms with Gasteiger partial charge in [-0.1, -0.05) is 48.0 Å². The second-order valence-electron chi connectivity index (χ2n) is 7.00. The Balaban J connectivity index is 1.38. The summed E-state index contributed by atoms with van der Waals surface area (Å²) in [6.45, 7) is 2.13. The summed E-state index contributed by atoms with van der Waals surface area (Å²) >= 11 is 3.57. The fourth-order valence-corrected chi connectivity index (χ4v) is 3.60. The number of fused-ring (bicyclic) bond motifs is 1. The number of ether oxygens (including phenoxy) is 1. The molecule has 0 saturated heterocycles. The fourth-order valence-electron chi connectivity index (χ4n) is 3.00. The van der Waals surface area contributed by atoms with E-state index in [4.69, 9.17) is 9.15 Å². The Morgan fingerprint density at radius 3 is 2.63 bits per heavy atom. The Hall–Kier alpha value is -3.19. The summed E-state index contributed by atoms with van der Waals surface area (Å²) in [5, 5.41) is 10.2. The molecule has 0 unspecified atom stereocenters. The number of amides is 1. The molecule has 0 bridgehead atoms. The molecule has 0 spiro atoms. The standard InChI is InChI=1S/C23H20BrN3O3/c1-15-7-9-17(10-8-15)23-26-25-20(30-23)13-27(2)21(28)14-29-19-12-11-16-5-3-4-6-18(16)22(19)24/h3-12H,13-14H2,1-2H3. The molecule has 3 aromatic carbocycles. The van der Waals surface area contributed by atoms with Crippen LogP contribution < -0.4 is 4.74 Å². The van der Waals surface area contributed by atoms with Gasteiger partial charge in [-0.05, 0) is 51.8 Å². The van der Waals surface area contributed by atoms with Crippen LogP contribution in [0.2, 0.25) is 0 Å². The first kappa shape index (κ1) is 20.1. The molecule has 0 saturated carbocycles. The number of carbonyl (C=O) groups is 1. The van der Waals surface area contributed by atoms with Crippen molar-refractivity contribution in [2.45, 2.75) is 13.5 Å². The second-order valence-corrected chi connectivity index (χ2v) is 7.80. The SMILES string of the molecule is Cc1ccc(-c2nnc(CN(C)C(=O)COc3ccc4ccccc4c3Br)o2)cc1. The van der Waals surface area contributed by atoms with E-state index in [2.05, 4.69) is 26.1 Å². The van der Waals surface area contributed by atoms with Crippen LogP contribution >= 0.6 is 15.9 Å². The second kappa shape index (κ2) is 8.67. The van der Waals surface area contributed by atoms with E-state index in [1.807, 2.05) is 67.6 Å². The number of aromatic nitrogens is 2. The molecule has 0 aliphatic heterocycles. The predicted molar refractivity (Wildman–Crippen MR) is 118 cm³/mol. The molecule has 0 aliphatic rings. The van der Waals surface area contributed by atoms with Gasteiger partial charge < -0.3 is 14.1 Å². The Morgan fingerprint density at radius 2 is 1.83 bits per heavy atom. The molecular weight excluding hydrogens is 446 g/mol. The molecule has 1 amide bonds. The van der Waals surface area contributed by atoms with Crippen LogP contribution in [0.1, 0.15) is 11.5 Å². The van der Waals surface area contributed by atoms with Crippen molar-refractivity contribution in [1.82, 2.24) is 15.1 Å². The van der Waals surface area contributed by atoms with Crippen LogP contribution in [0.5, 0.6) is 5.75 Å². The van der Waals surface area contributed by atoms with Gasteiger partial charge in [-0.2, -0.15) is 0 Å². The number of nitrogens with zero attached hydrogens (tertiary/aromatic N) is 3. The molecule has 30 heavy (non-hydrogen) atoms. The normalized spacial score (nSPS) is 10.9. The van der Waals surface area contributed by atoms with Gasteiger partial charge in [0.25, 0.3) is 5.91 Å². The lowest BCUT2D eigenvalue weighted by Crippen LogP contribution is -2.31. The van der Waals surface area contributed by atoms with Crippen molar-refractivity contribution in [2.75, 3.05) is 13.7 Å². The lowest BCUT2D eigenvalue weighted by Gasteiger charge is -2.16. The molecule has 152 valence electrons. The first-order valence-electron chi connectivity index (χ1n) is 9.44. The highest BCUT2D eigenvalue weighted by Gasteiger charge is 2.16. The number of likely N-dealkylation sites (N-methyl/N-ethyl adjacent to an activating group) is 1. The maximum atomic E-state index is 12.5. The first-order valence-corrected chi connectivity index (χ1v) is 10.2. The molecule has 7 heteroatoms. The number of hydrogen-bond acceptors (Lipinski definition) is 5. The quantitative estimate of drug-likeness (QED) is 0.400. The number of carbonyl (C=O) groups excluding carboxylic acids is 1. The minimum Gasteiger partial charge on any atom is -0.483 e. The highest BCUT2D eigenvalue weighted by molar-refractivity contribution is 9.10. The minimum atomic E-state index is -0.190. The molecule has 0 N–H and O–H groups in total. The number of aryl methyl sites for hydroxylation is 1. The van der Waals surface area contributed by atoms with Crippen LogP contribution in [0.4, 0.5) is 0 Å². The maximum absolute atomic E-state index is 12.5. The van der Waals surface area contributed by atoms with Gasteiger partial charge in [-0.25, -0.2) is 0 Å². The van der Waals surface area contributed by atoms with Crippen LogP contribution in [-0.4, -0.2) is 34.7 Å². The van der Waals surface area contributed by atoms with E-state index < -0.39 is 0 Å². The Bertz CT molecular complexity index is 1190. The van der Waals surface area contributed by atoms with Gasteiger partial charge in [-0.15, -0.1) is 10.2 Å². The summed E-state index contributed by atoms with van der Waals surface area (Å²) in [6, 6.07) is 19.6. The zero-order valence-corrected chi connectivity index (χ0v) is 18.2. The number of hydrogen-bond donors (Lipinski definition) is 0. The molecule has 0 aliphatic carbocycles. The average Bonchev–Trinajstić information content (AvgIpc) is 3.22. The van der Waals surface area contributed by atoms with Crippen LogP contribution in [0.25, 0.3) is 22.2 Å². The van der Waals surface area contributed by atoms with Crippen molar-refractivity contribution >= 4 is 32.6 Å². The Labute approximate surface area is 182 Å². The van der Waals surface area contributed by atoms with Crippen molar-refractivity contribution in [3.8, 4) is 17.2 Å². The highest BCUT2D eigenvalue weighted by Crippen LogP contribution is 2.33. The summed E-state index contributed by atoms with van der Waals surface area (Å²) in [5.41, 5.74) is 2.00. The van der Waals surface area contributed by atoms with Gasteiger partial charge in [0, 0.05) is 12.6 Å². The lowest BCUT2D eigenvalue weighted by molar-refractivity contribution is -0.132. The molecule has 1 aromatic heterocycles. The third-order valence-corrected chi connectivity index (χ3v) is 5.56. The van der Waals surface area contributed by atoms with Gasteiger partial charge in [0.1, 0.15) is 5.75 Å². The molecule has 6 nitrogen and oxygen atoms in total. The van der Waals surface area contributed by atoms with E-state index in [1.54, 1.807) is 7.05 Å². The summed E-state index contributed by atoms with van der Waals surface area (Å²) < 4.78 is 12.3. The summed E-state index contributed by atoms with van der Waals surface area (Å²) in [6.07, 6.45) is 0. The molecule has 1 heterocycles. The van der Waals surface area contributed by atoms with Gasteiger partial charge in [0.2, 0.25) is 11.8 Å². The van der Waals surface area contributed by atoms with Crippen molar-refractivity contribution in [1.29, 1.82) is 0 Å². The van der Waals surface area contributed by atoms with Crippen LogP contribution in [-0.2, 0) is 11.3 Å². The third kappa shape index (κ3) is 4.36. The maximum Gasteiger partial charge on any atom is 0.260 e. The van der Waals surface area contributed by atoms with Crippen LogP contribution in [0.15, 0.2) is 69.6 Å². The topological polar surface area (TPSA) is 68.5 Å². The van der Waals surface area contributed by atoms with E-state index in [0.717, 1.165) is 26.4 Å². The van der Waals surface area contributed by atoms with Crippen LogP contribution in [0.3, 0.4) is 0 Å². The zero-order chi connectivity index (χ0) is 21.1. The molecule has 4 aromatic rings. The summed E-state index contributed by atoms with van der Waals surface area (Å²) in [7, 11) is 1.68. The Morgan fingerprint density at radius 1 is 1.07 bits per heavy atom. The van der Waals surface area contributed by atoms with Crippen molar-refractivity contribution in [2.24, 2.45) is 0 Å². The smallest absolute Gasteiger partial charge is 0.260 e. The summed E-state index contributed by atoms with van der Waals surface area (Å²) in [5.74, 6) is 1.23. The van der Waals surface area contributed by atoms with Crippen LogP contribution in [0, 0.1) is 6.92 Å². The average molecular weight is 466 g/mol. The monoisotopic (exact) mass is 465 g/mol. The lowest BCUT2D eigenvalue weighted by atomic mass is 10.1. The van der Waals surface area contributed by atoms with Gasteiger partial charge >= 0.3 is 0 Å². The molecular formula is C23H20BrN3O3. The molecule has 0 radical (unpaired) electrons. The van der Waals surface area contributed by atoms with Crippen molar-refractivity contribution in [3.05, 3.63) is 76.6 Å². The number of benzene rings is 3. The van der Waals surface area contributed by atoms with E-state index in [0.29, 0.717) is 17.5 Å². The van der Waals surface area contributed by atoms with Crippen molar-refractivity contribution in [3.63, 3.8) is 0 Å². The zero-order valence-electron chi connectivity index (χ0n) is 16.6. The highest BCUT2D eigenvalue weighted by atomic mass is 79.9.